The third-order valence-electron chi connectivity index (χ3n) is 4.46. The van der Waals surface area contributed by atoms with Crippen molar-refractivity contribution in [2.24, 2.45) is 0 Å². The largest absolute Gasteiger partial charge is 0.321 e. The lowest BCUT2D eigenvalue weighted by atomic mass is 10.2. The third kappa shape index (κ3) is 4.47. The summed E-state index contributed by atoms with van der Waals surface area (Å²) >= 11 is 6.05. The maximum absolute atomic E-state index is 14.6. The summed E-state index contributed by atoms with van der Waals surface area (Å²) in [5.74, 6) is -1.53. The van der Waals surface area contributed by atoms with E-state index in [4.69, 9.17) is 11.6 Å². The van der Waals surface area contributed by atoms with Gasteiger partial charge in [-0.25, -0.2) is 12.8 Å². The molecule has 1 N–H and O–H groups in total. The fraction of sp³-hybridized carbons (Fsp3) is 0.136. The standard InChI is InChI=1S/C22H20ClFN2O3S/c1-3-26(17-8-6-7-15(2)13-17)30(28,29)21-14-16(11-12-19(21)24)22(27)25-20-10-5-4-9-18(20)23/h4-14H,3H2,1-2H3,(H,25,27). The van der Waals surface area contributed by atoms with Crippen molar-refractivity contribution in [1.82, 2.24) is 0 Å². The van der Waals surface area contributed by atoms with Gasteiger partial charge >= 0.3 is 0 Å². The maximum atomic E-state index is 14.6. The molecule has 8 heteroatoms. The van der Waals surface area contributed by atoms with E-state index in [9.17, 15) is 17.6 Å². The summed E-state index contributed by atoms with van der Waals surface area (Å²) in [5, 5.41) is 2.94. The lowest BCUT2D eigenvalue weighted by molar-refractivity contribution is 0.102. The molecule has 3 aromatic rings. The summed E-state index contributed by atoms with van der Waals surface area (Å²) in [7, 11) is -4.24. The molecule has 0 aliphatic heterocycles. The van der Waals surface area contributed by atoms with Gasteiger partial charge in [-0.2, -0.15) is 0 Å². The zero-order valence-corrected chi connectivity index (χ0v) is 18.0. The van der Waals surface area contributed by atoms with E-state index in [2.05, 4.69) is 5.32 Å². The Hall–Kier alpha value is -2.90. The molecule has 0 heterocycles. The number of benzene rings is 3. The van der Waals surface area contributed by atoms with E-state index in [1.54, 1.807) is 49.4 Å². The van der Waals surface area contributed by atoms with Crippen molar-refractivity contribution >= 4 is 38.9 Å². The molecule has 3 rings (SSSR count). The van der Waals surface area contributed by atoms with Crippen LogP contribution in [0.3, 0.4) is 0 Å². The van der Waals surface area contributed by atoms with Crippen molar-refractivity contribution in [1.29, 1.82) is 0 Å². The maximum Gasteiger partial charge on any atom is 0.267 e. The fourth-order valence-electron chi connectivity index (χ4n) is 2.99. The lowest BCUT2D eigenvalue weighted by Crippen LogP contribution is -2.31. The van der Waals surface area contributed by atoms with Crippen LogP contribution in [0.1, 0.15) is 22.8 Å². The summed E-state index contributed by atoms with van der Waals surface area (Å²) in [4.78, 5) is 12.0. The Labute approximate surface area is 180 Å². The van der Waals surface area contributed by atoms with Gasteiger partial charge < -0.3 is 5.32 Å². The molecule has 0 spiro atoms. The van der Waals surface area contributed by atoms with Crippen LogP contribution in [0.25, 0.3) is 0 Å². The Morgan fingerprint density at radius 3 is 2.47 bits per heavy atom. The molecule has 0 aliphatic rings. The van der Waals surface area contributed by atoms with Crippen LogP contribution in [-0.4, -0.2) is 20.9 Å². The second-order valence-electron chi connectivity index (χ2n) is 6.59. The minimum atomic E-state index is -4.24. The number of nitrogens with one attached hydrogen (secondary N) is 1. The quantitative estimate of drug-likeness (QED) is 0.562. The third-order valence-corrected chi connectivity index (χ3v) is 6.71. The van der Waals surface area contributed by atoms with Gasteiger partial charge in [0.25, 0.3) is 15.9 Å². The van der Waals surface area contributed by atoms with Gasteiger partial charge in [-0.05, 0) is 61.9 Å². The van der Waals surface area contributed by atoms with Gasteiger partial charge in [0.2, 0.25) is 0 Å². The van der Waals surface area contributed by atoms with Crippen LogP contribution >= 0.6 is 11.6 Å². The summed E-state index contributed by atoms with van der Waals surface area (Å²) in [6, 6.07) is 16.8. The lowest BCUT2D eigenvalue weighted by Gasteiger charge is -2.23. The Morgan fingerprint density at radius 1 is 1.07 bits per heavy atom. The van der Waals surface area contributed by atoms with E-state index >= 15 is 0 Å². The van der Waals surface area contributed by atoms with Gasteiger partial charge in [0.1, 0.15) is 10.7 Å². The van der Waals surface area contributed by atoms with Crippen molar-refractivity contribution < 1.29 is 17.6 Å². The summed E-state index contributed by atoms with van der Waals surface area (Å²) < 4.78 is 42.1. The number of carbonyl (C=O) groups is 1. The number of hydrogen-bond acceptors (Lipinski definition) is 3. The number of hydrogen-bond donors (Lipinski definition) is 1. The predicted octanol–water partition coefficient (Wildman–Crippen LogP) is 5.26. The van der Waals surface area contributed by atoms with E-state index in [-0.39, 0.29) is 12.1 Å². The normalized spacial score (nSPS) is 11.2. The number of para-hydroxylation sites is 1. The van der Waals surface area contributed by atoms with Crippen LogP contribution in [-0.2, 0) is 10.0 Å². The molecule has 0 unspecified atom stereocenters. The number of anilines is 2. The van der Waals surface area contributed by atoms with Crippen molar-refractivity contribution in [2.45, 2.75) is 18.7 Å². The summed E-state index contributed by atoms with van der Waals surface area (Å²) in [5.41, 5.74) is 1.65. The molecule has 0 aromatic heterocycles. The van der Waals surface area contributed by atoms with Crippen LogP contribution in [0.15, 0.2) is 71.6 Å². The number of carbonyl (C=O) groups excluding carboxylic acids is 1. The van der Waals surface area contributed by atoms with Gasteiger partial charge in [0.05, 0.1) is 16.4 Å². The highest BCUT2D eigenvalue weighted by Crippen LogP contribution is 2.27. The van der Waals surface area contributed by atoms with Crippen LogP contribution in [0.5, 0.6) is 0 Å². The molecule has 0 fully saturated rings. The van der Waals surface area contributed by atoms with Crippen molar-refractivity contribution in [3.8, 4) is 0 Å². The molecule has 0 aliphatic carbocycles. The van der Waals surface area contributed by atoms with Gasteiger partial charge in [-0.3, -0.25) is 9.10 Å². The van der Waals surface area contributed by atoms with E-state index in [0.29, 0.717) is 16.4 Å². The molecular weight excluding hydrogens is 427 g/mol. The van der Waals surface area contributed by atoms with Gasteiger partial charge in [0, 0.05) is 12.1 Å². The smallest absolute Gasteiger partial charge is 0.267 e. The Morgan fingerprint density at radius 2 is 1.80 bits per heavy atom. The fourth-order valence-corrected chi connectivity index (χ4v) is 4.73. The number of nitrogens with zero attached hydrogens (tertiary/aromatic N) is 1. The first kappa shape index (κ1) is 21.8. The number of rotatable bonds is 6. The number of amides is 1. The topological polar surface area (TPSA) is 66.5 Å². The van der Waals surface area contributed by atoms with E-state index < -0.39 is 26.6 Å². The van der Waals surface area contributed by atoms with Crippen LogP contribution in [0, 0.1) is 12.7 Å². The summed E-state index contributed by atoms with van der Waals surface area (Å²) in [6.07, 6.45) is 0. The molecule has 0 saturated carbocycles. The van der Waals surface area contributed by atoms with Crippen molar-refractivity contribution in [3.05, 3.63) is 88.7 Å². The first-order valence-corrected chi connectivity index (χ1v) is 11.0. The molecule has 0 saturated heterocycles. The molecule has 0 atom stereocenters. The van der Waals surface area contributed by atoms with Crippen LogP contribution < -0.4 is 9.62 Å². The Balaban J connectivity index is 1.99. The minimum Gasteiger partial charge on any atom is -0.321 e. The van der Waals surface area contributed by atoms with Gasteiger partial charge in [-0.15, -0.1) is 0 Å². The highest BCUT2D eigenvalue weighted by molar-refractivity contribution is 7.92. The van der Waals surface area contributed by atoms with Gasteiger partial charge in [-0.1, -0.05) is 35.9 Å². The van der Waals surface area contributed by atoms with E-state index in [1.165, 1.54) is 6.07 Å². The second kappa shape index (κ2) is 8.85. The molecule has 30 heavy (non-hydrogen) atoms. The predicted molar refractivity (Wildman–Crippen MR) is 117 cm³/mol. The molecule has 0 radical (unpaired) electrons. The molecule has 5 nitrogen and oxygen atoms in total. The highest BCUT2D eigenvalue weighted by atomic mass is 35.5. The van der Waals surface area contributed by atoms with Crippen molar-refractivity contribution in [2.75, 3.05) is 16.2 Å². The Kier molecular flexibility index (Phi) is 6.43. The summed E-state index contributed by atoms with van der Waals surface area (Å²) in [6.45, 7) is 3.59. The molecule has 3 aromatic carbocycles. The van der Waals surface area contributed by atoms with E-state index in [1.807, 2.05) is 13.0 Å². The SMILES string of the molecule is CCN(c1cccc(C)c1)S(=O)(=O)c1cc(C(=O)Nc2ccccc2Cl)ccc1F. The average molecular weight is 447 g/mol. The minimum absolute atomic E-state index is 0.00445. The number of halogens is 2. The zero-order valence-electron chi connectivity index (χ0n) is 16.4. The first-order chi connectivity index (χ1) is 14.2. The molecule has 156 valence electrons. The monoisotopic (exact) mass is 446 g/mol. The average Bonchev–Trinajstić information content (AvgIpc) is 2.70. The number of sulfonamides is 1. The highest BCUT2D eigenvalue weighted by Gasteiger charge is 2.28. The second-order valence-corrected chi connectivity index (χ2v) is 8.83. The van der Waals surface area contributed by atoms with Crippen LogP contribution in [0.4, 0.5) is 15.8 Å². The van der Waals surface area contributed by atoms with E-state index in [0.717, 1.165) is 22.0 Å². The van der Waals surface area contributed by atoms with Gasteiger partial charge in [0.15, 0.2) is 0 Å². The molecule has 0 bridgehead atoms. The molecule has 1 amide bonds. The number of aryl methyl sites for hydroxylation is 1. The Bertz CT molecular complexity index is 1200. The zero-order chi connectivity index (χ0) is 21.9. The van der Waals surface area contributed by atoms with Crippen LogP contribution in [0.2, 0.25) is 5.02 Å². The molecular formula is C22H20ClFN2O3S. The van der Waals surface area contributed by atoms with Crippen molar-refractivity contribution in [3.63, 3.8) is 0 Å². The first-order valence-electron chi connectivity index (χ1n) is 9.19.